The molecule has 0 atom stereocenters. The van der Waals surface area contributed by atoms with E-state index in [0.717, 1.165) is 26.3 Å². The quantitative estimate of drug-likeness (QED) is 0.536. The maximum absolute atomic E-state index is 5.46. The van der Waals surface area contributed by atoms with Crippen molar-refractivity contribution >= 4 is 0 Å². The van der Waals surface area contributed by atoms with Gasteiger partial charge < -0.3 is 18.9 Å². The van der Waals surface area contributed by atoms with Crippen LogP contribution in [0.15, 0.2) is 0 Å². The van der Waals surface area contributed by atoms with Crippen LogP contribution < -0.4 is 0 Å². The second kappa shape index (κ2) is 9.06. The first kappa shape index (κ1) is 12.9. The van der Waals surface area contributed by atoms with Crippen LogP contribution in [-0.2, 0) is 18.9 Å². The van der Waals surface area contributed by atoms with E-state index in [1.54, 1.807) is 7.11 Å². The Morgan fingerprint density at radius 2 is 1.67 bits per heavy atom. The summed E-state index contributed by atoms with van der Waals surface area (Å²) in [6.07, 6.45) is 0. The van der Waals surface area contributed by atoms with Gasteiger partial charge in [-0.1, -0.05) is 0 Å². The molecule has 0 bridgehead atoms. The largest absolute Gasteiger partial charge is 0.382 e. The van der Waals surface area contributed by atoms with Crippen LogP contribution in [0.4, 0.5) is 0 Å². The van der Waals surface area contributed by atoms with Crippen molar-refractivity contribution in [3.63, 3.8) is 0 Å². The van der Waals surface area contributed by atoms with Gasteiger partial charge in [-0.15, -0.1) is 0 Å². The minimum atomic E-state index is 0.633. The molecule has 0 aromatic carbocycles. The smallest absolute Gasteiger partial charge is 0.0992 e. The van der Waals surface area contributed by atoms with Gasteiger partial charge in [-0.2, -0.15) is 0 Å². The summed E-state index contributed by atoms with van der Waals surface area (Å²) in [6, 6.07) is 0. The Morgan fingerprint density at radius 3 is 2.40 bits per heavy atom. The van der Waals surface area contributed by atoms with E-state index in [2.05, 4.69) is 4.90 Å². The van der Waals surface area contributed by atoms with Crippen molar-refractivity contribution in [2.75, 3.05) is 66.6 Å². The van der Waals surface area contributed by atoms with Crippen LogP contribution in [0.25, 0.3) is 0 Å². The third kappa shape index (κ3) is 6.81. The first-order chi connectivity index (χ1) is 7.43. The summed E-state index contributed by atoms with van der Waals surface area (Å²) in [7, 11) is 1.66. The van der Waals surface area contributed by atoms with Gasteiger partial charge in [0.2, 0.25) is 0 Å². The zero-order valence-electron chi connectivity index (χ0n) is 9.44. The van der Waals surface area contributed by atoms with Crippen LogP contribution in [-0.4, -0.2) is 71.5 Å². The molecule has 0 aliphatic carbocycles. The maximum atomic E-state index is 5.46. The standard InChI is InChI=1S/C10H21NO4/c1-12-6-7-14-8-9-15-10-11-2-4-13-5-3-11/h2-10H2,1H3. The average Bonchev–Trinajstić information content (AvgIpc) is 2.29. The third-order valence-electron chi connectivity index (χ3n) is 2.18. The summed E-state index contributed by atoms with van der Waals surface area (Å²) in [5, 5.41) is 0. The van der Waals surface area contributed by atoms with E-state index in [1.807, 2.05) is 0 Å². The number of nitrogens with zero attached hydrogens (tertiary/aromatic N) is 1. The molecule has 0 aromatic rings. The topological polar surface area (TPSA) is 40.2 Å². The van der Waals surface area contributed by atoms with Crippen molar-refractivity contribution in [3.05, 3.63) is 0 Å². The zero-order valence-corrected chi connectivity index (χ0v) is 9.44. The third-order valence-corrected chi connectivity index (χ3v) is 2.18. The molecular weight excluding hydrogens is 198 g/mol. The Balaban J connectivity index is 1.79. The number of hydrogen-bond acceptors (Lipinski definition) is 5. The number of morpholine rings is 1. The molecule has 15 heavy (non-hydrogen) atoms. The second-order valence-electron chi connectivity index (χ2n) is 3.37. The fourth-order valence-corrected chi connectivity index (χ4v) is 1.29. The summed E-state index contributed by atoms with van der Waals surface area (Å²) in [5.41, 5.74) is 0. The molecule has 1 rings (SSSR count). The van der Waals surface area contributed by atoms with Gasteiger partial charge in [-0.05, 0) is 0 Å². The van der Waals surface area contributed by atoms with Gasteiger partial charge >= 0.3 is 0 Å². The van der Waals surface area contributed by atoms with Crippen LogP contribution in [0.5, 0.6) is 0 Å². The average molecular weight is 219 g/mol. The Morgan fingerprint density at radius 1 is 1.00 bits per heavy atom. The monoisotopic (exact) mass is 219 g/mol. The maximum Gasteiger partial charge on any atom is 0.0992 e. The zero-order chi connectivity index (χ0) is 10.8. The van der Waals surface area contributed by atoms with Gasteiger partial charge in [0, 0.05) is 20.2 Å². The van der Waals surface area contributed by atoms with E-state index in [9.17, 15) is 0 Å². The Labute approximate surface area is 91.2 Å². The first-order valence-corrected chi connectivity index (χ1v) is 5.38. The Bertz CT molecular complexity index is 139. The molecule has 5 nitrogen and oxygen atoms in total. The minimum absolute atomic E-state index is 0.633. The number of rotatable bonds is 8. The van der Waals surface area contributed by atoms with Crippen molar-refractivity contribution in [2.45, 2.75) is 0 Å². The molecule has 1 heterocycles. The molecule has 90 valence electrons. The highest BCUT2D eigenvalue weighted by Gasteiger charge is 2.09. The molecule has 0 spiro atoms. The lowest BCUT2D eigenvalue weighted by molar-refractivity contribution is -0.0485. The minimum Gasteiger partial charge on any atom is -0.382 e. The molecule has 0 aromatic heterocycles. The molecule has 0 N–H and O–H groups in total. The van der Waals surface area contributed by atoms with Gasteiger partial charge in [0.05, 0.1) is 46.4 Å². The lowest BCUT2D eigenvalue weighted by Crippen LogP contribution is -2.38. The molecule has 0 unspecified atom stereocenters. The molecule has 5 heteroatoms. The predicted octanol–water partition coefficient (Wildman–Crippen LogP) is -0.0443. The Kier molecular flexibility index (Phi) is 7.77. The van der Waals surface area contributed by atoms with Crippen molar-refractivity contribution in [1.82, 2.24) is 4.90 Å². The van der Waals surface area contributed by atoms with E-state index in [-0.39, 0.29) is 0 Å². The van der Waals surface area contributed by atoms with Crippen molar-refractivity contribution in [2.24, 2.45) is 0 Å². The summed E-state index contributed by atoms with van der Waals surface area (Å²) in [4.78, 5) is 2.23. The van der Waals surface area contributed by atoms with Crippen molar-refractivity contribution in [1.29, 1.82) is 0 Å². The van der Waals surface area contributed by atoms with E-state index < -0.39 is 0 Å². The summed E-state index contributed by atoms with van der Waals surface area (Å²) < 4.78 is 20.8. The first-order valence-electron chi connectivity index (χ1n) is 5.38. The van der Waals surface area contributed by atoms with Gasteiger partial charge in [-0.3, -0.25) is 4.90 Å². The Hall–Kier alpha value is -0.200. The highest BCUT2D eigenvalue weighted by atomic mass is 16.5. The summed E-state index contributed by atoms with van der Waals surface area (Å²) in [6.45, 7) is 6.78. The molecule has 0 saturated carbocycles. The van der Waals surface area contributed by atoms with Gasteiger partial charge in [0.15, 0.2) is 0 Å². The fourth-order valence-electron chi connectivity index (χ4n) is 1.29. The normalized spacial score (nSPS) is 18.2. The highest BCUT2D eigenvalue weighted by Crippen LogP contribution is 1.96. The predicted molar refractivity (Wildman–Crippen MR) is 55.9 cm³/mol. The van der Waals surface area contributed by atoms with E-state index in [0.29, 0.717) is 33.2 Å². The molecule has 0 radical (unpaired) electrons. The van der Waals surface area contributed by atoms with Crippen LogP contribution in [0.1, 0.15) is 0 Å². The fraction of sp³-hybridized carbons (Fsp3) is 1.00. The van der Waals surface area contributed by atoms with Crippen LogP contribution in [0, 0.1) is 0 Å². The van der Waals surface area contributed by atoms with Crippen LogP contribution in [0.2, 0.25) is 0 Å². The van der Waals surface area contributed by atoms with Gasteiger partial charge in [0.1, 0.15) is 0 Å². The lowest BCUT2D eigenvalue weighted by Gasteiger charge is -2.26. The summed E-state index contributed by atoms with van der Waals surface area (Å²) in [5.74, 6) is 0. The molecule has 1 aliphatic rings. The molecule has 1 aliphatic heterocycles. The molecule has 0 amide bonds. The van der Waals surface area contributed by atoms with Gasteiger partial charge in [0.25, 0.3) is 0 Å². The molecular formula is C10H21NO4. The van der Waals surface area contributed by atoms with Crippen LogP contribution in [0.3, 0.4) is 0 Å². The van der Waals surface area contributed by atoms with E-state index >= 15 is 0 Å². The second-order valence-corrected chi connectivity index (χ2v) is 3.37. The highest BCUT2D eigenvalue weighted by molar-refractivity contribution is 4.56. The van der Waals surface area contributed by atoms with E-state index in [4.69, 9.17) is 18.9 Å². The van der Waals surface area contributed by atoms with Crippen molar-refractivity contribution in [3.8, 4) is 0 Å². The number of hydrogen-bond donors (Lipinski definition) is 0. The van der Waals surface area contributed by atoms with Gasteiger partial charge in [-0.25, -0.2) is 0 Å². The molecule has 1 fully saturated rings. The summed E-state index contributed by atoms with van der Waals surface area (Å²) >= 11 is 0. The van der Waals surface area contributed by atoms with Crippen LogP contribution >= 0.6 is 0 Å². The van der Waals surface area contributed by atoms with E-state index in [1.165, 1.54) is 0 Å². The number of methoxy groups -OCH3 is 1. The number of ether oxygens (including phenoxy) is 4. The molecule has 1 saturated heterocycles. The SMILES string of the molecule is COCCOCCOCN1CCOCC1. The lowest BCUT2D eigenvalue weighted by atomic mass is 10.5. The van der Waals surface area contributed by atoms with Crippen molar-refractivity contribution < 1.29 is 18.9 Å².